The summed E-state index contributed by atoms with van der Waals surface area (Å²) in [6.45, 7) is 0.755. The molecule has 0 aliphatic carbocycles. The number of pyridine rings is 1. The molecule has 0 spiro atoms. The van der Waals surface area contributed by atoms with E-state index in [1.807, 2.05) is 6.07 Å². The lowest BCUT2D eigenvalue weighted by Crippen LogP contribution is -2.36. The van der Waals surface area contributed by atoms with E-state index < -0.39 is 11.9 Å². The molecule has 3 amide bonds. The normalized spacial score (nSPS) is 16.6. The Labute approximate surface area is 218 Å². The maximum absolute atomic E-state index is 13.1. The standard InChI is InChI=1S/C28H25FN4O5/c1-31(2)25(34)16-32-15-18-5-8-20(13-22(18)27(32)36)33-12-11-24(28(33)37)38-21-9-10-23(30-14-21)26(35)17-3-6-19(29)7-4-17/h3-10,13-14,24H,11-12,15-16H2,1-2H3/t24-/m1/s1. The van der Waals surface area contributed by atoms with E-state index in [2.05, 4.69) is 4.98 Å². The van der Waals surface area contributed by atoms with Crippen LogP contribution < -0.4 is 9.64 Å². The Bertz CT molecular complexity index is 1420. The van der Waals surface area contributed by atoms with E-state index in [9.17, 15) is 23.6 Å². The van der Waals surface area contributed by atoms with Gasteiger partial charge in [0.15, 0.2) is 6.10 Å². The monoisotopic (exact) mass is 516 g/mol. The lowest BCUT2D eigenvalue weighted by atomic mass is 10.1. The zero-order chi connectivity index (χ0) is 27.0. The molecule has 1 fully saturated rings. The number of ether oxygens (including phenoxy) is 1. The Morgan fingerprint density at radius 3 is 2.53 bits per heavy atom. The first-order chi connectivity index (χ1) is 18.2. The lowest BCUT2D eigenvalue weighted by molar-refractivity contribution is -0.129. The molecule has 0 N–H and O–H groups in total. The first kappa shape index (κ1) is 25.1. The van der Waals surface area contributed by atoms with Crippen molar-refractivity contribution in [2.24, 2.45) is 0 Å². The molecule has 2 aromatic carbocycles. The van der Waals surface area contributed by atoms with Crippen LogP contribution in [0.1, 0.15) is 38.4 Å². The molecular weight excluding hydrogens is 491 g/mol. The molecule has 2 aliphatic heterocycles. The number of carbonyl (C=O) groups excluding carboxylic acids is 4. The molecule has 10 heteroatoms. The number of aromatic nitrogens is 1. The summed E-state index contributed by atoms with van der Waals surface area (Å²) in [5.41, 5.74) is 2.37. The summed E-state index contributed by atoms with van der Waals surface area (Å²) in [4.78, 5) is 59.2. The molecular formula is C28H25FN4O5. The highest BCUT2D eigenvalue weighted by Gasteiger charge is 2.36. The van der Waals surface area contributed by atoms with Crippen LogP contribution in [-0.4, -0.2) is 71.6 Å². The molecule has 1 aromatic heterocycles. The molecule has 38 heavy (non-hydrogen) atoms. The van der Waals surface area contributed by atoms with Crippen molar-refractivity contribution < 1.29 is 28.3 Å². The van der Waals surface area contributed by atoms with Gasteiger partial charge in [-0.1, -0.05) is 6.07 Å². The van der Waals surface area contributed by atoms with Crippen molar-refractivity contribution in [2.75, 3.05) is 32.1 Å². The van der Waals surface area contributed by atoms with Crippen LogP contribution in [0.4, 0.5) is 10.1 Å². The number of amides is 3. The number of likely N-dealkylation sites (N-methyl/N-ethyl adjacent to an activating group) is 1. The van der Waals surface area contributed by atoms with Crippen LogP contribution >= 0.6 is 0 Å². The topological polar surface area (TPSA) is 100 Å². The van der Waals surface area contributed by atoms with Gasteiger partial charge in [0, 0.05) is 50.4 Å². The first-order valence-corrected chi connectivity index (χ1v) is 12.1. The van der Waals surface area contributed by atoms with Gasteiger partial charge >= 0.3 is 0 Å². The molecule has 0 bridgehead atoms. The molecule has 0 radical (unpaired) electrons. The second kappa shape index (κ2) is 10.0. The fourth-order valence-corrected chi connectivity index (χ4v) is 4.47. The van der Waals surface area contributed by atoms with Crippen molar-refractivity contribution in [1.29, 1.82) is 0 Å². The smallest absolute Gasteiger partial charge is 0.268 e. The Kier molecular flexibility index (Phi) is 6.62. The average molecular weight is 517 g/mol. The van der Waals surface area contributed by atoms with Crippen molar-refractivity contribution in [2.45, 2.75) is 19.1 Å². The minimum atomic E-state index is -0.742. The van der Waals surface area contributed by atoms with Crippen molar-refractivity contribution in [3.05, 3.63) is 89.0 Å². The van der Waals surface area contributed by atoms with E-state index in [-0.39, 0.29) is 35.7 Å². The van der Waals surface area contributed by atoms with Crippen LogP contribution in [0.15, 0.2) is 60.8 Å². The van der Waals surface area contributed by atoms with E-state index in [0.29, 0.717) is 42.1 Å². The predicted octanol–water partition coefficient (Wildman–Crippen LogP) is 2.68. The van der Waals surface area contributed by atoms with Gasteiger partial charge < -0.3 is 19.4 Å². The molecule has 3 aromatic rings. The SMILES string of the molecule is CN(C)C(=O)CN1Cc2ccc(N3CC[C@@H](Oc4ccc(C(=O)c5ccc(F)cc5)nc4)C3=O)cc2C1=O. The maximum atomic E-state index is 13.1. The highest BCUT2D eigenvalue weighted by Crippen LogP contribution is 2.30. The summed E-state index contributed by atoms with van der Waals surface area (Å²) < 4.78 is 19.0. The number of hydrogen-bond acceptors (Lipinski definition) is 6. The van der Waals surface area contributed by atoms with E-state index >= 15 is 0 Å². The minimum absolute atomic E-state index is 0.00325. The van der Waals surface area contributed by atoms with E-state index in [1.54, 1.807) is 37.2 Å². The molecule has 0 saturated carbocycles. The third-order valence-corrected chi connectivity index (χ3v) is 6.62. The van der Waals surface area contributed by atoms with Crippen LogP contribution in [0, 0.1) is 5.82 Å². The molecule has 1 saturated heterocycles. The third kappa shape index (κ3) is 4.84. The van der Waals surface area contributed by atoms with Gasteiger partial charge in [0.1, 0.15) is 23.8 Å². The Balaban J connectivity index is 1.23. The van der Waals surface area contributed by atoms with Crippen molar-refractivity contribution >= 4 is 29.2 Å². The summed E-state index contributed by atoms with van der Waals surface area (Å²) in [7, 11) is 3.28. The van der Waals surface area contributed by atoms with Gasteiger partial charge in [0.2, 0.25) is 11.7 Å². The summed E-state index contributed by atoms with van der Waals surface area (Å²) >= 11 is 0. The zero-order valence-electron chi connectivity index (χ0n) is 20.9. The Morgan fingerprint density at radius 2 is 1.84 bits per heavy atom. The van der Waals surface area contributed by atoms with Crippen molar-refractivity contribution in [3.8, 4) is 5.75 Å². The van der Waals surface area contributed by atoms with Crippen LogP contribution in [0.5, 0.6) is 5.75 Å². The molecule has 2 aliphatic rings. The van der Waals surface area contributed by atoms with Crippen LogP contribution in [-0.2, 0) is 16.1 Å². The second-order valence-corrected chi connectivity index (χ2v) is 9.39. The molecule has 9 nitrogen and oxygen atoms in total. The van der Waals surface area contributed by atoms with Gasteiger partial charge in [-0.05, 0) is 54.1 Å². The summed E-state index contributed by atoms with van der Waals surface area (Å²) in [5, 5.41) is 0. The van der Waals surface area contributed by atoms with E-state index in [1.165, 1.54) is 46.3 Å². The van der Waals surface area contributed by atoms with E-state index in [4.69, 9.17) is 4.74 Å². The van der Waals surface area contributed by atoms with Gasteiger partial charge in [-0.15, -0.1) is 0 Å². The molecule has 194 valence electrons. The molecule has 0 unspecified atom stereocenters. The second-order valence-electron chi connectivity index (χ2n) is 9.39. The minimum Gasteiger partial charge on any atom is -0.479 e. The van der Waals surface area contributed by atoms with Crippen LogP contribution in [0.3, 0.4) is 0 Å². The number of ketones is 1. The van der Waals surface area contributed by atoms with Gasteiger partial charge in [-0.25, -0.2) is 9.37 Å². The largest absolute Gasteiger partial charge is 0.479 e. The number of nitrogens with zero attached hydrogens (tertiary/aromatic N) is 4. The maximum Gasteiger partial charge on any atom is 0.268 e. The number of rotatable bonds is 7. The third-order valence-electron chi connectivity index (χ3n) is 6.62. The Hall–Kier alpha value is -4.60. The lowest BCUT2D eigenvalue weighted by Gasteiger charge is -2.18. The summed E-state index contributed by atoms with van der Waals surface area (Å²) in [6, 6.07) is 13.6. The van der Waals surface area contributed by atoms with Crippen LogP contribution in [0.25, 0.3) is 0 Å². The molecule has 3 heterocycles. The zero-order valence-corrected chi connectivity index (χ0v) is 20.9. The number of halogens is 1. The van der Waals surface area contributed by atoms with Crippen LogP contribution in [0.2, 0.25) is 0 Å². The summed E-state index contributed by atoms with van der Waals surface area (Å²) in [5.74, 6) is -1.09. The highest BCUT2D eigenvalue weighted by atomic mass is 19.1. The van der Waals surface area contributed by atoms with Crippen molar-refractivity contribution in [1.82, 2.24) is 14.8 Å². The first-order valence-electron chi connectivity index (χ1n) is 12.1. The molecule has 1 atom stereocenters. The highest BCUT2D eigenvalue weighted by molar-refractivity contribution is 6.07. The van der Waals surface area contributed by atoms with Gasteiger partial charge in [-0.3, -0.25) is 19.2 Å². The van der Waals surface area contributed by atoms with Crippen molar-refractivity contribution in [3.63, 3.8) is 0 Å². The van der Waals surface area contributed by atoms with Gasteiger partial charge in [-0.2, -0.15) is 0 Å². The average Bonchev–Trinajstić information content (AvgIpc) is 3.43. The number of carbonyl (C=O) groups is 4. The fourth-order valence-electron chi connectivity index (χ4n) is 4.47. The Morgan fingerprint density at radius 1 is 1.08 bits per heavy atom. The van der Waals surface area contributed by atoms with Gasteiger partial charge in [0.05, 0.1) is 6.20 Å². The number of hydrogen-bond donors (Lipinski definition) is 0. The number of benzene rings is 2. The number of fused-ring (bicyclic) bond motifs is 1. The van der Waals surface area contributed by atoms with Gasteiger partial charge in [0.25, 0.3) is 11.8 Å². The quantitative estimate of drug-likeness (QED) is 0.448. The fraction of sp³-hybridized carbons (Fsp3) is 0.250. The summed E-state index contributed by atoms with van der Waals surface area (Å²) in [6.07, 6.45) is 1.07. The number of anilines is 1. The predicted molar refractivity (Wildman–Crippen MR) is 135 cm³/mol. The van der Waals surface area contributed by atoms with E-state index in [0.717, 1.165) is 5.56 Å². The molecule has 5 rings (SSSR count).